The van der Waals surface area contributed by atoms with Crippen LogP contribution < -0.4 is 10.9 Å². The lowest BCUT2D eigenvalue weighted by Gasteiger charge is -2.08. The van der Waals surface area contributed by atoms with Crippen molar-refractivity contribution in [3.8, 4) is 11.3 Å². The van der Waals surface area contributed by atoms with Crippen LogP contribution in [-0.4, -0.2) is 50.7 Å². The summed E-state index contributed by atoms with van der Waals surface area (Å²) in [6.07, 6.45) is 2.22. The molecule has 2 heterocycles. The lowest BCUT2D eigenvalue weighted by Crippen LogP contribution is -2.26. The monoisotopic (exact) mass is 382 g/mol. The van der Waals surface area contributed by atoms with Crippen molar-refractivity contribution < 1.29 is 9.53 Å². The van der Waals surface area contributed by atoms with Crippen molar-refractivity contribution in [1.82, 2.24) is 29.9 Å². The Bertz CT molecular complexity index is 1010. The smallest absolute Gasteiger partial charge is 0.266 e. The van der Waals surface area contributed by atoms with Gasteiger partial charge in [0.05, 0.1) is 12.3 Å². The number of amides is 1. The molecule has 0 radical (unpaired) electrons. The van der Waals surface area contributed by atoms with Crippen LogP contribution in [0.25, 0.3) is 11.3 Å². The van der Waals surface area contributed by atoms with Gasteiger partial charge in [0.1, 0.15) is 12.2 Å². The average molecular weight is 382 g/mol. The molecule has 0 saturated heterocycles. The van der Waals surface area contributed by atoms with E-state index in [9.17, 15) is 9.59 Å². The van der Waals surface area contributed by atoms with Crippen LogP contribution in [0.15, 0.2) is 47.5 Å². The number of nitrogens with one attached hydrogen (secondary N) is 1. The summed E-state index contributed by atoms with van der Waals surface area (Å²) >= 11 is 0. The van der Waals surface area contributed by atoms with Gasteiger partial charge in [-0.1, -0.05) is 12.1 Å². The summed E-state index contributed by atoms with van der Waals surface area (Å²) in [5.74, 6) is 0.607. The van der Waals surface area contributed by atoms with Gasteiger partial charge in [-0.2, -0.15) is 5.10 Å². The average Bonchev–Trinajstić information content (AvgIpc) is 3.15. The van der Waals surface area contributed by atoms with Gasteiger partial charge in [0.2, 0.25) is 0 Å². The lowest BCUT2D eigenvalue weighted by atomic mass is 10.1. The van der Waals surface area contributed by atoms with E-state index in [2.05, 4.69) is 20.6 Å². The molecule has 146 valence electrons. The van der Waals surface area contributed by atoms with E-state index in [0.717, 1.165) is 11.4 Å². The van der Waals surface area contributed by atoms with E-state index < -0.39 is 0 Å². The first-order chi connectivity index (χ1) is 13.6. The lowest BCUT2D eigenvalue weighted by molar-refractivity contribution is 0.0954. The summed E-state index contributed by atoms with van der Waals surface area (Å²) in [6, 6.07) is 10.2. The van der Waals surface area contributed by atoms with Crippen molar-refractivity contribution in [3.05, 3.63) is 64.5 Å². The number of hydrogen-bond donors (Lipinski definition) is 1. The van der Waals surface area contributed by atoms with E-state index in [4.69, 9.17) is 4.74 Å². The van der Waals surface area contributed by atoms with Crippen LogP contribution in [0.2, 0.25) is 0 Å². The Morgan fingerprint density at radius 2 is 2.11 bits per heavy atom. The zero-order valence-corrected chi connectivity index (χ0v) is 15.8. The van der Waals surface area contributed by atoms with E-state index >= 15 is 0 Å². The number of methoxy groups -OCH3 is 1. The standard InChI is InChI=1S/C19H22N6O3/c1-24-18(26)7-6-16(23-24)14-4-3-5-15(12-14)19(27)20-9-8-17-22-21-13-25(17)10-11-28-2/h3-7,12-13H,8-11H2,1-2H3,(H,20,27). The van der Waals surface area contributed by atoms with Crippen molar-refractivity contribution in [2.24, 2.45) is 7.05 Å². The first-order valence-corrected chi connectivity index (χ1v) is 8.87. The third-order valence-corrected chi connectivity index (χ3v) is 4.25. The number of carbonyl (C=O) groups is 1. The van der Waals surface area contributed by atoms with Gasteiger partial charge < -0.3 is 14.6 Å². The second-order valence-electron chi connectivity index (χ2n) is 6.20. The molecule has 0 saturated carbocycles. The fourth-order valence-electron chi connectivity index (χ4n) is 2.71. The number of benzene rings is 1. The van der Waals surface area contributed by atoms with Crippen molar-refractivity contribution in [1.29, 1.82) is 0 Å². The summed E-state index contributed by atoms with van der Waals surface area (Å²) in [5, 5.41) is 15.1. The number of nitrogens with zero attached hydrogens (tertiary/aromatic N) is 5. The van der Waals surface area contributed by atoms with Crippen molar-refractivity contribution in [2.75, 3.05) is 20.3 Å². The van der Waals surface area contributed by atoms with Crippen LogP contribution in [-0.2, 0) is 24.8 Å². The summed E-state index contributed by atoms with van der Waals surface area (Å²) in [7, 11) is 3.23. The van der Waals surface area contributed by atoms with Crippen molar-refractivity contribution in [2.45, 2.75) is 13.0 Å². The molecule has 9 heteroatoms. The Morgan fingerprint density at radius 3 is 2.89 bits per heavy atom. The van der Waals surface area contributed by atoms with Gasteiger partial charge in [-0.15, -0.1) is 10.2 Å². The molecule has 1 aromatic carbocycles. The molecule has 0 spiro atoms. The highest BCUT2D eigenvalue weighted by Gasteiger charge is 2.10. The van der Waals surface area contributed by atoms with Gasteiger partial charge in [0.15, 0.2) is 0 Å². The number of hydrogen-bond acceptors (Lipinski definition) is 6. The number of carbonyl (C=O) groups excluding carboxylic acids is 1. The molecule has 2 aromatic heterocycles. The predicted octanol–water partition coefficient (Wildman–Crippen LogP) is 0.658. The fourth-order valence-corrected chi connectivity index (χ4v) is 2.71. The molecule has 9 nitrogen and oxygen atoms in total. The van der Waals surface area contributed by atoms with E-state index in [1.54, 1.807) is 44.8 Å². The van der Waals surface area contributed by atoms with Crippen LogP contribution in [0.1, 0.15) is 16.2 Å². The highest BCUT2D eigenvalue weighted by Crippen LogP contribution is 2.17. The molecular formula is C19H22N6O3. The maximum Gasteiger partial charge on any atom is 0.266 e. The Morgan fingerprint density at radius 1 is 1.25 bits per heavy atom. The Kier molecular flexibility index (Phi) is 6.28. The van der Waals surface area contributed by atoms with Gasteiger partial charge in [-0.05, 0) is 18.2 Å². The van der Waals surface area contributed by atoms with Crippen LogP contribution in [0, 0.1) is 0 Å². The number of rotatable bonds is 8. The van der Waals surface area contributed by atoms with E-state index in [1.807, 2.05) is 10.6 Å². The molecule has 0 unspecified atom stereocenters. The van der Waals surface area contributed by atoms with Crippen LogP contribution in [0.3, 0.4) is 0 Å². The molecule has 0 fully saturated rings. The van der Waals surface area contributed by atoms with Gasteiger partial charge in [0, 0.05) is 50.9 Å². The third kappa shape index (κ3) is 4.68. The minimum atomic E-state index is -0.186. The molecule has 0 aliphatic rings. The van der Waals surface area contributed by atoms with Crippen molar-refractivity contribution in [3.63, 3.8) is 0 Å². The normalized spacial score (nSPS) is 10.8. The van der Waals surface area contributed by atoms with Gasteiger partial charge in [-0.25, -0.2) is 4.68 Å². The minimum absolute atomic E-state index is 0.184. The molecule has 28 heavy (non-hydrogen) atoms. The highest BCUT2D eigenvalue weighted by molar-refractivity contribution is 5.95. The van der Waals surface area contributed by atoms with Crippen LogP contribution in [0.4, 0.5) is 0 Å². The first-order valence-electron chi connectivity index (χ1n) is 8.87. The maximum atomic E-state index is 12.5. The number of ether oxygens (including phenoxy) is 1. The molecule has 0 bridgehead atoms. The van der Waals surface area contributed by atoms with Crippen molar-refractivity contribution >= 4 is 5.91 Å². The molecular weight excluding hydrogens is 360 g/mol. The Hall–Kier alpha value is -3.33. The molecule has 1 amide bonds. The van der Waals surface area contributed by atoms with E-state index in [1.165, 1.54) is 10.7 Å². The zero-order valence-electron chi connectivity index (χ0n) is 15.8. The molecule has 1 N–H and O–H groups in total. The van der Waals surface area contributed by atoms with E-state index in [0.29, 0.717) is 37.4 Å². The van der Waals surface area contributed by atoms with E-state index in [-0.39, 0.29) is 11.5 Å². The van der Waals surface area contributed by atoms with Crippen LogP contribution >= 0.6 is 0 Å². The number of aryl methyl sites for hydroxylation is 1. The molecule has 0 atom stereocenters. The first kappa shape index (κ1) is 19.4. The second kappa shape index (κ2) is 9.05. The van der Waals surface area contributed by atoms with Crippen LogP contribution in [0.5, 0.6) is 0 Å². The molecule has 0 aliphatic carbocycles. The molecule has 3 aromatic rings. The summed E-state index contributed by atoms with van der Waals surface area (Å²) in [5.41, 5.74) is 1.73. The SMILES string of the molecule is COCCn1cnnc1CCNC(=O)c1cccc(-c2ccc(=O)n(C)n2)c1. The summed E-state index contributed by atoms with van der Waals surface area (Å²) < 4.78 is 8.23. The van der Waals surface area contributed by atoms with Gasteiger partial charge in [0.25, 0.3) is 11.5 Å². The zero-order chi connectivity index (χ0) is 19.9. The second-order valence-corrected chi connectivity index (χ2v) is 6.20. The van der Waals surface area contributed by atoms with Gasteiger partial charge >= 0.3 is 0 Å². The maximum absolute atomic E-state index is 12.5. The third-order valence-electron chi connectivity index (χ3n) is 4.25. The molecule has 0 aliphatic heterocycles. The largest absolute Gasteiger partial charge is 0.383 e. The Labute approximate surface area is 162 Å². The topological polar surface area (TPSA) is 104 Å². The molecule has 3 rings (SSSR count). The number of aromatic nitrogens is 5. The summed E-state index contributed by atoms with van der Waals surface area (Å²) in [6.45, 7) is 1.68. The Balaban J connectivity index is 1.63. The minimum Gasteiger partial charge on any atom is -0.383 e. The quantitative estimate of drug-likeness (QED) is 0.614. The van der Waals surface area contributed by atoms with Gasteiger partial charge in [-0.3, -0.25) is 9.59 Å². The fraction of sp³-hybridized carbons (Fsp3) is 0.316. The summed E-state index contributed by atoms with van der Waals surface area (Å²) in [4.78, 5) is 24.0. The predicted molar refractivity (Wildman–Crippen MR) is 103 cm³/mol. The highest BCUT2D eigenvalue weighted by atomic mass is 16.5.